The van der Waals surface area contributed by atoms with E-state index in [1.54, 1.807) is 42.5 Å². The molecule has 5 rings (SSSR count). The first kappa shape index (κ1) is 33.8. The molecule has 0 fully saturated rings. The van der Waals surface area contributed by atoms with E-state index in [4.69, 9.17) is 32.9 Å². The fraction of sp³-hybridized carbons (Fsp3) is 0.118. The summed E-state index contributed by atoms with van der Waals surface area (Å²) in [6.07, 6.45) is 0.743. The molecule has 242 valence electrons. The van der Waals surface area contributed by atoms with Crippen molar-refractivity contribution in [2.45, 2.75) is 12.7 Å². The number of aromatic nitrogens is 2. The summed E-state index contributed by atoms with van der Waals surface area (Å²) in [5, 5.41) is 0.954. The highest BCUT2D eigenvalue weighted by molar-refractivity contribution is 7.92. The predicted octanol–water partition coefficient (Wildman–Crippen LogP) is 8.83. The van der Waals surface area contributed by atoms with Crippen LogP contribution >= 0.6 is 23.2 Å². The van der Waals surface area contributed by atoms with Crippen molar-refractivity contribution in [3.05, 3.63) is 130 Å². The van der Waals surface area contributed by atoms with Crippen molar-refractivity contribution in [1.82, 2.24) is 9.55 Å². The number of hydrogen-bond donors (Lipinski definition) is 1. The number of alkyl halides is 3. The van der Waals surface area contributed by atoms with Gasteiger partial charge in [-0.05, 0) is 70.8 Å². The molecule has 0 unspecified atom stereocenters. The van der Waals surface area contributed by atoms with Gasteiger partial charge in [0.1, 0.15) is 5.82 Å². The van der Waals surface area contributed by atoms with Gasteiger partial charge >= 0.3 is 12.1 Å². The van der Waals surface area contributed by atoms with Crippen LogP contribution < -0.4 is 4.72 Å². The molecule has 0 aliphatic carbocycles. The minimum absolute atomic E-state index is 0.0269. The van der Waals surface area contributed by atoms with E-state index in [0.717, 1.165) is 16.7 Å². The Labute approximate surface area is 279 Å². The van der Waals surface area contributed by atoms with Gasteiger partial charge in [0.05, 0.1) is 23.4 Å². The number of anilines is 1. The minimum Gasteiger partial charge on any atom is -0.465 e. The van der Waals surface area contributed by atoms with Crippen LogP contribution in [0.25, 0.3) is 34.5 Å². The first-order valence-corrected chi connectivity index (χ1v) is 16.3. The molecule has 13 heteroatoms. The molecule has 7 nitrogen and oxygen atoms in total. The fourth-order valence-corrected chi connectivity index (χ4v) is 6.22. The van der Waals surface area contributed by atoms with Crippen LogP contribution in [0.1, 0.15) is 27.3 Å². The lowest BCUT2D eigenvalue weighted by Gasteiger charge is -2.11. The molecule has 0 aliphatic rings. The normalized spacial score (nSPS) is 12.0. The molecular formula is C34H26Cl2F3N3O4S. The van der Waals surface area contributed by atoms with Crippen LogP contribution in [0.15, 0.2) is 97.2 Å². The number of sulfonamides is 1. The number of hydrogen-bond acceptors (Lipinski definition) is 5. The number of benzene rings is 4. The second kappa shape index (κ2) is 14.0. The molecule has 1 N–H and O–H groups in total. The van der Waals surface area contributed by atoms with Crippen LogP contribution in [0, 0.1) is 0 Å². The van der Waals surface area contributed by atoms with Crippen molar-refractivity contribution in [2.75, 3.05) is 17.6 Å². The minimum atomic E-state index is -4.86. The summed E-state index contributed by atoms with van der Waals surface area (Å²) in [5.74, 6) is -1.77. The molecule has 0 aliphatic heterocycles. The molecule has 0 amide bonds. The maximum Gasteiger partial charge on any atom is 0.404 e. The summed E-state index contributed by atoms with van der Waals surface area (Å²) in [6, 6.07) is 25.7. The lowest BCUT2D eigenvalue weighted by atomic mass is 10.0. The van der Waals surface area contributed by atoms with E-state index in [2.05, 4.69) is 0 Å². The largest absolute Gasteiger partial charge is 0.465 e. The van der Waals surface area contributed by atoms with Gasteiger partial charge in [-0.1, -0.05) is 77.8 Å². The summed E-state index contributed by atoms with van der Waals surface area (Å²) in [7, 11) is -3.28. The molecule has 0 saturated heterocycles. The SMILES string of the molecule is COC(=O)c1ccc(Cn2cc(-c3ccc(Cl)cc3Cl)nc2C=Cc2ccc(-c3cccc(NS(=O)(=O)CC(F)(F)F)c3)cc2)cc1. The molecule has 1 heterocycles. The van der Waals surface area contributed by atoms with Crippen LogP contribution in [-0.4, -0.2) is 43.0 Å². The topological polar surface area (TPSA) is 90.3 Å². The Bertz CT molecular complexity index is 2040. The van der Waals surface area contributed by atoms with Gasteiger partial charge in [-0.15, -0.1) is 0 Å². The van der Waals surface area contributed by atoms with Crippen molar-refractivity contribution in [1.29, 1.82) is 0 Å². The van der Waals surface area contributed by atoms with Crippen LogP contribution in [0.5, 0.6) is 0 Å². The zero-order chi connectivity index (χ0) is 33.8. The quantitative estimate of drug-likeness (QED) is 0.147. The lowest BCUT2D eigenvalue weighted by Crippen LogP contribution is -2.27. The number of carbonyl (C=O) groups excluding carboxylic acids is 1. The fourth-order valence-electron chi connectivity index (χ4n) is 4.73. The second-order valence-electron chi connectivity index (χ2n) is 10.4. The third kappa shape index (κ3) is 9.03. The van der Waals surface area contributed by atoms with Gasteiger partial charge in [0, 0.05) is 29.0 Å². The van der Waals surface area contributed by atoms with E-state index in [-0.39, 0.29) is 5.69 Å². The smallest absolute Gasteiger partial charge is 0.404 e. The number of ether oxygens (including phenoxy) is 1. The average Bonchev–Trinajstić information content (AvgIpc) is 3.40. The summed E-state index contributed by atoms with van der Waals surface area (Å²) in [5.41, 5.74) is 4.91. The van der Waals surface area contributed by atoms with Gasteiger partial charge in [0.2, 0.25) is 10.0 Å². The molecule has 0 atom stereocenters. The van der Waals surface area contributed by atoms with Crippen molar-refractivity contribution in [2.24, 2.45) is 0 Å². The Morgan fingerprint density at radius 2 is 1.66 bits per heavy atom. The van der Waals surface area contributed by atoms with Crippen LogP contribution in [0.4, 0.5) is 18.9 Å². The van der Waals surface area contributed by atoms with Gasteiger partial charge in [-0.2, -0.15) is 13.2 Å². The maximum absolute atomic E-state index is 12.6. The van der Waals surface area contributed by atoms with E-state index in [0.29, 0.717) is 44.8 Å². The highest BCUT2D eigenvalue weighted by atomic mass is 35.5. The number of rotatable bonds is 10. The number of carbonyl (C=O) groups is 1. The molecule has 0 spiro atoms. The van der Waals surface area contributed by atoms with Crippen LogP contribution in [0.3, 0.4) is 0 Å². The molecular weight excluding hydrogens is 674 g/mol. The van der Waals surface area contributed by atoms with E-state index in [9.17, 15) is 26.4 Å². The van der Waals surface area contributed by atoms with Gasteiger partial charge in [0.25, 0.3) is 0 Å². The highest BCUT2D eigenvalue weighted by Crippen LogP contribution is 2.31. The standard InChI is InChI=1S/C34H26Cl2F3N3O4S/c1-46-33(43)25-12-7-23(8-13-25)19-42-20-31(29-15-14-27(35)18-30(29)36)40-32(42)16-9-22-5-10-24(11-6-22)26-3-2-4-28(17-26)41-47(44,45)21-34(37,38)39/h2-18,20,41H,19,21H2,1H3. The number of esters is 1. The average molecular weight is 701 g/mol. The third-order valence-electron chi connectivity index (χ3n) is 6.90. The first-order chi connectivity index (χ1) is 22.3. The highest BCUT2D eigenvalue weighted by Gasteiger charge is 2.35. The van der Waals surface area contributed by atoms with Crippen molar-refractivity contribution in [3.8, 4) is 22.4 Å². The molecule has 1 aromatic heterocycles. The Hall–Kier alpha value is -4.58. The van der Waals surface area contributed by atoms with Gasteiger partial charge in [0.15, 0.2) is 5.75 Å². The van der Waals surface area contributed by atoms with Crippen LogP contribution in [0.2, 0.25) is 10.0 Å². The Balaban J connectivity index is 1.39. The van der Waals surface area contributed by atoms with E-state index >= 15 is 0 Å². The van der Waals surface area contributed by atoms with Crippen molar-refractivity contribution < 1.29 is 31.1 Å². The molecule has 4 aromatic carbocycles. The van der Waals surface area contributed by atoms with E-state index in [1.807, 2.05) is 64.0 Å². The van der Waals surface area contributed by atoms with E-state index < -0.39 is 27.9 Å². The number of nitrogens with zero attached hydrogens (tertiary/aromatic N) is 2. The summed E-state index contributed by atoms with van der Waals surface area (Å²) < 4.78 is 70.4. The van der Waals surface area contributed by atoms with Crippen molar-refractivity contribution >= 4 is 57.0 Å². The third-order valence-corrected chi connectivity index (χ3v) is 8.70. The molecule has 47 heavy (non-hydrogen) atoms. The molecule has 0 radical (unpaired) electrons. The number of nitrogens with one attached hydrogen (secondary N) is 1. The Kier molecular flexibility index (Phi) is 10.1. The predicted molar refractivity (Wildman–Crippen MR) is 179 cm³/mol. The van der Waals surface area contributed by atoms with Gasteiger partial charge in [-0.25, -0.2) is 18.2 Å². The van der Waals surface area contributed by atoms with Gasteiger partial charge < -0.3 is 9.30 Å². The zero-order valence-corrected chi connectivity index (χ0v) is 27.0. The summed E-state index contributed by atoms with van der Waals surface area (Å²) in [6.45, 7) is 0.446. The monoisotopic (exact) mass is 699 g/mol. The number of methoxy groups -OCH3 is 1. The zero-order valence-electron chi connectivity index (χ0n) is 24.6. The number of imidazole rings is 1. The molecule has 0 saturated carbocycles. The first-order valence-electron chi connectivity index (χ1n) is 13.9. The van der Waals surface area contributed by atoms with Crippen LogP contribution in [-0.2, 0) is 21.3 Å². The summed E-state index contributed by atoms with van der Waals surface area (Å²) >= 11 is 12.6. The van der Waals surface area contributed by atoms with Crippen molar-refractivity contribution in [3.63, 3.8) is 0 Å². The molecule has 5 aromatic rings. The maximum atomic E-state index is 12.6. The van der Waals surface area contributed by atoms with Gasteiger partial charge in [-0.3, -0.25) is 4.72 Å². The van der Waals surface area contributed by atoms with E-state index in [1.165, 1.54) is 19.2 Å². The Morgan fingerprint density at radius 3 is 2.32 bits per heavy atom. The lowest BCUT2D eigenvalue weighted by molar-refractivity contribution is -0.106. The summed E-state index contributed by atoms with van der Waals surface area (Å²) in [4.78, 5) is 16.7. The number of halogens is 5. The molecule has 0 bridgehead atoms. The Morgan fingerprint density at radius 1 is 0.936 bits per heavy atom. The second-order valence-corrected chi connectivity index (χ2v) is 13.0.